The number of pyridine rings is 1. The maximum Gasteiger partial charge on any atom is 0.303 e. The molecule has 1 aliphatic heterocycles. The van der Waals surface area contributed by atoms with Gasteiger partial charge in [-0.15, -0.1) is 11.3 Å². The van der Waals surface area contributed by atoms with Gasteiger partial charge in [0, 0.05) is 24.5 Å². The highest BCUT2D eigenvalue weighted by Gasteiger charge is 2.29. The fourth-order valence-electron chi connectivity index (χ4n) is 5.00. The van der Waals surface area contributed by atoms with Gasteiger partial charge in [0.1, 0.15) is 5.75 Å². The van der Waals surface area contributed by atoms with Crippen molar-refractivity contribution in [2.24, 2.45) is 11.8 Å². The summed E-state index contributed by atoms with van der Waals surface area (Å²) < 4.78 is 5.36. The molecule has 0 amide bonds. The molecule has 4 rings (SSSR count). The number of aliphatic carboxylic acids is 1. The lowest BCUT2D eigenvalue weighted by atomic mass is 9.79. The van der Waals surface area contributed by atoms with Gasteiger partial charge in [-0.3, -0.25) is 14.7 Å². The maximum absolute atomic E-state index is 11.3. The summed E-state index contributed by atoms with van der Waals surface area (Å²) in [5.74, 6) is 7.13. The minimum atomic E-state index is -0.754. The van der Waals surface area contributed by atoms with Crippen molar-refractivity contribution in [1.29, 1.82) is 0 Å². The number of ether oxygens (including phenoxy) is 1. The van der Waals surface area contributed by atoms with Crippen molar-refractivity contribution in [2.75, 3.05) is 26.7 Å². The van der Waals surface area contributed by atoms with Crippen LogP contribution in [0.1, 0.15) is 48.6 Å². The van der Waals surface area contributed by atoms with E-state index in [0.29, 0.717) is 25.3 Å². The SMILES string of the molecule is COc1ccc2nccc([C@@H](O)CCC3CCN(CC#Cc4cccs4)CC3CCC(=O)O)c2c1. The molecule has 35 heavy (non-hydrogen) atoms. The van der Waals surface area contributed by atoms with Gasteiger partial charge in [-0.05, 0) is 85.3 Å². The number of carboxylic acid groups (broad SMARTS) is 1. The Morgan fingerprint density at radius 1 is 1.29 bits per heavy atom. The Balaban J connectivity index is 1.39. The number of aromatic nitrogens is 1. The van der Waals surface area contributed by atoms with Crippen molar-refractivity contribution in [1.82, 2.24) is 9.88 Å². The molecule has 7 heteroatoms. The predicted octanol–water partition coefficient (Wildman–Crippen LogP) is 4.97. The number of benzene rings is 1. The summed E-state index contributed by atoms with van der Waals surface area (Å²) in [4.78, 5) is 19.1. The number of hydrogen-bond acceptors (Lipinski definition) is 6. The molecule has 2 aromatic heterocycles. The number of nitrogens with zero attached hydrogens (tertiary/aromatic N) is 2. The lowest BCUT2D eigenvalue weighted by molar-refractivity contribution is -0.137. The van der Waals surface area contributed by atoms with E-state index >= 15 is 0 Å². The first-order valence-electron chi connectivity index (χ1n) is 12.1. The molecule has 2 N–H and O–H groups in total. The van der Waals surface area contributed by atoms with Crippen LogP contribution < -0.4 is 4.74 Å². The number of hydrogen-bond donors (Lipinski definition) is 2. The van der Waals surface area contributed by atoms with E-state index in [1.807, 2.05) is 41.8 Å². The molecule has 6 nitrogen and oxygen atoms in total. The number of thiophene rings is 1. The average molecular weight is 493 g/mol. The molecule has 0 saturated carbocycles. The topological polar surface area (TPSA) is 82.9 Å². The number of aliphatic hydroxyl groups is 1. The van der Waals surface area contributed by atoms with Crippen LogP contribution in [0.25, 0.3) is 10.9 Å². The van der Waals surface area contributed by atoms with E-state index < -0.39 is 12.1 Å². The van der Waals surface area contributed by atoms with E-state index in [0.717, 1.165) is 53.0 Å². The standard InChI is InChI=1S/C28H32N2O4S/c1-34-22-8-9-26-25(18-22)24(12-14-29-26)27(31)10-6-20-13-16-30(19-21(20)7-11-28(32)33)15-2-4-23-5-3-17-35-23/h3,5,8-9,12,14,17-18,20-21,27,31H,6-7,10-11,13,15-16,19H2,1H3,(H,32,33)/t20?,21?,27-/m0/s1. The van der Waals surface area contributed by atoms with Gasteiger partial charge in [0.2, 0.25) is 0 Å². The number of carbonyl (C=O) groups is 1. The molecular formula is C28H32N2O4S. The molecule has 0 radical (unpaired) electrons. The Morgan fingerprint density at radius 3 is 2.94 bits per heavy atom. The van der Waals surface area contributed by atoms with E-state index in [2.05, 4.69) is 21.7 Å². The van der Waals surface area contributed by atoms with E-state index in [4.69, 9.17) is 4.74 Å². The van der Waals surface area contributed by atoms with Crippen LogP contribution in [0.2, 0.25) is 0 Å². The van der Waals surface area contributed by atoms with Gasteiger partial charge < -0.3 is 14.9 Å². The summed E-state index contributed by atoms with van der Waals surface area (Å²) in [7, 11) is 1.63. The van der Waals surface area contributed by atoms with Crippen molar-refractivity contribution in [3.63, 3.8) is 0 Å². The third-order valence-corrected chi connectivity index (χ3v) is 7.68. The number of methoxy groups -OCH3 is 1. The minimum Gasteiger partial charge on any atom is -0.497 e. The Kier molecular flexibility index (Phi) is 8.75. The summed E-state index contributed by atoms with van der Waals surface area (Å²) in [6, 6.07) is 11.6. The Morgan fingerprint density at radius 2 is 2.17 bits per heavy atom. The fraction of sp³-hybridized carbons (Fsp3) is 0.429. The third kappa shape index (κ3) is 6.82. The van der Waals surface area contributed by atoms with Crippen molar-refractivity contribution < 1.29 is 19.7 Å². The van der Waals surface area contributed by atoms with Gasteiger partial charge in [0.05, 0.1) is 30.2 Å². The molecule has 0 aliphatic carbocycles. The average Bonchev–Trinajstić information content (AvgIpc) is 3.39. The molecular weight excluding hydrogens is 460 g/mol. The molecule has 0 spiro atoms. The van der Waals surface area contributed by atoms with Gasteiger partial charge >= 0.3 is 5.97 Å². The number of piperidine rings is 1. The first kappa shape index (κ1) is 25.2. The molecule has 3 heterocycles. The Bertz CT molecular complexity index is 1180. The van der Waals surface area contributed by atoms with Crippen molar-refractivity contribution >= 4 is 28.2 Å². The van der Waals surface area contributed by atoms with Gasteiger partial charge in [0.25, 0.3) is 0 Å². The zero-order valence-corrected chi connectivity index (χ0v) is 20.8. The second-order valence-electron chi connectivity index (χ2n) is 9.13. The molecule has 1 aliphatic rings. The Labute approximate surface area is 210 Å². The van der Waals surface area contributed by atoms with Gasteiger partial charge in [-0.1, -0.05) is 17.9 Å². The first-order valence-corrected chi connectivity index (χ1v) is 13.0. The van der Waals surface area contributed by atoms with E-state index in [1.54, 1.807) is 24.6 Å². The lowest BCUT2D eigenvalue weighted by Gasteiger charge is -2.38. The Hall–Kier alpha value is -2.92. The molecule has 3 atom stereocenters. The minimum absolute atomic E-state index is 0.174. The van der Waals surface area contributed by atoms with Crippen LogP contribution in [0.5, 0.6) is 5.75 Å². The first-order chi connectivity index (χ1) is 17.0. The summed E-state index contributed by atoms with van der Waals surface area (Å²) in [6.45, 7) is 2.49. The highest BCUT2D eigenvalue weighted by atomic mass is 32.1. The quantitative estimate of drug-likeness (QED) is 0.410. The van der Waals surface area contributed by atoms with E-state index in [9.17, 15) is 15.0 Å². The normalized spacial score (nSPS) is 19.1. The van der Waals surface area contributed by atoms with Crippen molar-refractivity contribution in [3.05, 3.63) is 58.4 Å². The lowest BCUT2D eigenvalue weighted by Crippen LogP contribution is -2.41. The second kappa shape index (κ2) is 12.2. The zero-order chi connectivity index (χ0) is 24.6. The number of aliphatic hydroxyl groups excluding tert-OH is 1. The van der Waals surface area contributed by atoms with Crippen LogP contribution in [0.15, 0.2) is 48.0 Å². The summed E-state index contributed by atoms with van der Waals surface area (Å²) in [5, 5.41) is 23.3. The van der Waals surface area contributed by atoms with Crippen LogP contribution in [0, 0.1) is 23.7 Å². The van der Waals surface area contributed by atoms with E-state index in [-0.39, 0.29) is 12.3 Å². The van der Waals surface area contributed by atoms with Gasteiger partial charge in [-0.25, -0.2) is 0 Å². The fourth-order valence-corrected chi connectivity index (χ4v) is 5.59. The van der Waals surface area contributed by atoms with E-state index in [1.165, 1.54) is 0 Å². The highest BCUT2D eigenvalue weighted by molar-refractivity contribution is 7.10. The van der Waals surface area contributed by atoms with Crippen molar-refractivity contribution in [2.45, 2.75) is 38.2 Å². The summed E-state index contributed by atoms with van der Waals surface area (Å²) in [6.07, 6.45) is 4.42. The smallest absolute Gasteiger partial charge is 0.303 e. The van der Waals surface area contributed by atoms with Gasteiger partial charge in [0.15, 0.2) is 0 Å². The number of likely N-dealkylation sites (tertiary alicyclic amines) is 1. The zero-order valence-electron chi connectivity index (χ0n) is 20.0. The van der Waals surface area contributed by atoms with Crippen molar-refractivity contribution in [3.8, 4) is 17.6 Å². The molecule has 0 bridgehead atoms. The summed E-state index contributed by atoms with van der Waals surface area (Å²) >= 11 is 1.64. The van der Waals surface area contributed by atoms with Crippen LogP contribution in [0.4, 0.5) is 0 Å². The summed E-state index contributed by atoms with van der Waals surface area (Å²) in [5.41, 5.74) is 1.69. The number of fused-ring (bicyclic) bond motifs is 1. The van der Waals surface area contributed by atoms with Crippen LogP contribution in [-0.2, 0) is 4.79 Å². The van der Waals surface area contributed by atoms with Crippen LogP contribution in [-0.4, -0.2) is 52.8 Å². The highest BCUT2D eigenvalue weighted by Crippen LogP contribution is 2.35. The van der Waals surface area contributed by atoms with Crippen LogP contribution >= 0.6 is 11.3 Å². The van der Waals surface area contributed by atoms with Crippen LogP contribution in [0.3, 0.4) is 0 Å². The monoisotopic (exact) mass is 492 g/mol. The molecule has 1 saturated heterocycles. The number of rotatable bonds is 9. The molecule has 1 aromatic carbocycles. The van der Waals surface area contributed by atoms with Gasteiger partial charge in [-0.2, -0.15) is 0 Å². The molecule has 1 fully saturated rings. The second-order valence-corrected chi connectivity index (χ2v) is 10.1. The molecule has 2 unspecified atom stereocenters. The molecule has 184 valence electrons. The predicted molar refractivity (Wildman–Crippen MR) is 139 cm³/mol. The third-order valence-electron chi connectivity index (χ3n) is 6.89. The largest absolute Gasteiger partial charge is 0.497 e. The number of carboxylic acids is 1. The molecule has 3 aromatic rings. The maximum atomic E-state index is 11.3.